The fraction of sp³-hybridized carbons (Fsp3) is 0.500. The molecule has 0 aliphatic heterocycles. The van der Waals surface area contributed by atoms with Gasteiger partial charge in [-0.2, -0.15) is 0 Å². The van der Waals surface area contributed by atoms with Crippen LogP contribution >= 0.6 is 0 Å². The van der Waals surface area contributed by atoms with Crippen LogP contribution in [-0.4, -0.2) is 6.04 Å². The summed E-state index contributed by atoms with van der Waals surface area (Å²) in [5.41, 5.74) is 9.54. The molecule has 1 saturated carbocycles. The molecule has 0 radical (unpaired) electrons. The highest BCUT2D eigenvalue weighted by Crippen LogP contribution is 2.47. The summed E-state index contributed by atoms with van der Waals surface area (Å²) in [5, 5.41) is 3.49. The van der Waals surface area contributed by atoms with Gasteiger partial charge in [-0.05, 0) is 30.4 Å². The number of hydrogen-bond acceptors (Lipinski definition) is 2. The van der Waals surface area contributed by atoms with Crippen molar-refractivity contribution in [1.82, 2.24) is 0 Å². The number of nitrogens with one attached hydrogen (secondary N) is 1. The lowest BCUT2D eigenvalue weighted by atomic mass is 10.1. The Labute approximate surface area is 85.5 Å². The topological polar surface area (TPSA) is 38.0 Å². The van der Waals surface area contributed by atoms with E-state index >= 15 is 0 Å². The van der Waals surface area contributed by atoms with Crippen LogP contribution in [0.3, 0.4) is 0 Å². The second-order valence-electron chi connectivity index (χ2n) is 4.93. The third-order valence-electron chi connectivity index (χ3n) is 3.17. The van der Waals surface area contributed by atoms with E-state index in [1.807, 2.05) is 19.1 Å². The summed E-state index contributed by atoms with van der Waals surface area (Å²) in [6.07, 6.45) is 1.24. The molecule has 3 N–H and O–H groups in total. The molecule has 2 heteroatoms. The molecule has 1 atom stereocenters. The Hall–Kier alpha value is -1.18. The van der Waals surface area contributed by atoms with Gasteiger partial charge in [-0.15, -0.1) is 0 Å². The van der Waals surface area contributed by atoms with E-state index in [0.29, 0.717) is 11.5 Å². The number of rotatable bonds is 2. The van der Waals surface area contributed by atoms with Gasteiger partial charge in [0, 0.05) is 6.04 Å². The predicted octanol–water partition coefficient (Wildman–Crippen LogP) is 2.79. The molecule has 76 valence electrons. The fourth-order valence-corrected chi connectivity index (χ4v) is 1.71. The average molecular weight is 190 g/mol. The van der Waals surface area contributed by atoms with Crippen LogP contribution in [0.5, 0.6) is 0 Å². The maximum atomic E-state index is 5.98. The van der Waals surface area contributed by atoms with E-state index in [9.17, 15) is 0 Å². The maximum absolute atomic E-state index is 5.98. The molecule has 14 heavy (non-hydrogen) atoms. The SMILES string of the molecule is Cc1cccc(NC2CC2(C)C)c1N. The number of para-hydroxylation sites is 1. The van der Waals surface area contributed by atoms with Gasteiger partial charge in [-0.3, -0.25) is 0 Å². The minimum Gasteiger partial charge on any atom is -0.397 e. The highest BCUT2D eigenvalue weighted by atomic mass is 15.0. The van der Waals surface area contributed by atoms with Gasteiger partial charge in [0.15, 0.2) is 0 Å². The van der Waals surface area contributed by atoms with Crippen molar-refractivity contribution in [1.29, 1.82) is 0 Å². The molecule has 0 saturated heterocycles. The standard InChI is InChI=1S/C12H18N2/c1-8-5-4-6-9(11(8)13)14-10-7-12(10,2)3/h4-6,10,14H,7,13H2,1-3H3. The third-order valence-corrected chi connectivity index (χ3v) is 3.17. The molecule has 2 rings (SSSR count). The van der Waals surface area contributed by atoms with Crippen molar-refractivity contribution in [2.45, 2.75) is 33.2 Å². The maximum Gasteiger partial charge on any atom is 0.0579 e. The zero-order valence-corrected chi connectivity index (χ0v) is 9.09. The normalized spacial score (nSPS) is 23.2. The zero-order chi connectivity index (χ0) is 10.3. The Morgan fingerprint density at radius 1 is 1.43 bits per heavy atom. The monoisotopic (exact) mass is 190 g/mol. The largest absolute Gasteiger partial charge is 0.397 e. The quantitative estimate of drug-likeness (QED) is 0.704. The van der Waals surface area contributed by atoms with E-state index in [4.69, 9.17) is 5.73 Å². The van der Waals surface area contributed by atoms with Crippen molar-refractivity contribution in [3.63, 3.8) is 0 Å². The summed E-state index contributed by atoms with van der Waals surface area (Å²) in [5.74, 6) is 0. The summed E-state index contributed by atoms with van der Waals surface area (Å²) < 4.78 is 0. The molecule has 0 aromatic heterocycles. The van der Waals surface area contributed by atoms with Gasteiger partial charge in [-0.1, -0.05) is 26.0 Å². The summed E-state index contributed by atoms with van der Waals surface area (Å²) in [6, 6.07) is 6.73. The van der Waals surface area contributed by atoms with E-state index in [-0.39, 0.29) is 0 Å². The third kappa shape index (κ3) is 1.57. The van der Waals surface area contributed by atoms with Crippen molar-refractivity contribution in [2.75, 3.05) is 11.1 Å². The molecule has 1 fully saturated rings. The first-order chi connectivity index (χ1) is 6.50. The fourth-order valence-electron chi connectivity index (χ4n) is 1.71. The molecule has 1 aliphatic rings. The van der Waals surface area contributed by atoms with E-state index in [2.05, 4.69) is 25.2 Å². The Kier molecular flexibility index (Phi) is 1.95. The first-order valence-electron chi connectivity index (χ1n) is 5.12. The van der Waals surface area contributed by atoms with Crippen LogP contribution in [0.2, 0.25) is 0 Å². The molecule has 0 amide bonds. The van der Waals surface area contributed by atoms with E-state index in [1.54, 1.807) is 0 Å². The smallest absolute Gasteiger partial charge is 0.0579 e. The minimum absolute atomic E-state index is 0.441. The molecule has 1 unspecified atom stereocenters. The molecular weight excluding hydrogens is 172 g/mol. The van der Waals surface area contributed by atoms with Crippen LogP contribution < -0.4 is 11.1 Å². The molecule has 0 heterocycles. The first kappa shape index (κ1) is 9.38. The number of aryl methyl sites for hydroxylation is 1. The summed E-state index contributed by atoms with van der Waals surface area (Å²) in [7, 11) is 0. The molecule has 0 spiro atoms. The van der Waals surface area contributed by atoms with Gasteiger partial charge in [-0.25, -0.2) is 0 Å². The second kappa shape index (κ2) is 2.91. The Morgan fingerprint density at radius 3 is 2.64 bits per heavy atom. The first-order valence-corrected chi connectivity index (χ1v) is 5.12. The number of anilines is 2. The van der Waals surface area contributed by atoms with Gasteiger partial charge in [0.1, 0.15) is 0 Å². The van der Waals surface area contributed by atoms with Crippen molar-refractivity contribution in [3.05, 3.63) is 23.8 Å². The van der Waals surface area contributed by atoms with Crippen LogP contribution in [0.4, 0.5) is 11.4 Å². The van der Waals surface area contributed by atoms with Crippen molar-refractivity contribution in [2.24, 2.45) is 5.41 Å². The van der Waals surface area contributed by atoms with Crippen LogP contribution in [0.15, 0.2) is 18.2 Å². The number of nitrogens with two attached hydrogens (primary N) is 1. The summed E-state index contributed by atoms with van der Waals surface area (Å²) >= 11 is 0. The Balaban J connectivity index is 2.14. The van der Waals surface area contributed by atoms with Gasteiger partial charge >= 0.3 is 0 Å². The molecular formula is C12H18N2. The van der Waals surface area contributed by atoms with Crippen molar-refractivity contribution >= 4 is 11.4 Å². The zero-order valence-electron chi connectivity index (χ0n) is 9.09. The average Bonchev–Trinajstić information content (AvgIpc) is 2.68. The lowest BCUT2D eigenvalue weighted by Crippen LogP contribution is -2.10. The van der Waals surface area contributed by atoms with Gasteiger partial charge in [0.25, 0.3) is 0 Å². The van der Waals surface area contributed by atoms with E-state index in [0.717, 1.165) is 16.9 Å². The summed E-state index contributed by atoms with van der Waals surface area (Å²) in [4.78, 5) is 0. The van der Waals surface area contributed by atoms with Crippen molar-refractivity contribution < 1.29 is 0 Å². The molecule has 1 aliphatic carbocycles. The second-order valence-corrected chi connectivity index (χ2v) is 4.93. The van der Waals surface area contributed by atoms with E-state index in [1.165, 1.54) is 6.42 Å². The van der Waals surface area contributed by atoms with Crippen LogP contribution in [0.25, 0.3) is 0 Å². The summed E-state index contributed by atoms with van der Waals surface area (Å²) in [6.45, 7) is 6.59. The van der Waals surface area contributed by atoms with Crippen LogP contribution in [0, 0.1) is 12.3 Å². The van der Waals surface area contributed by atoms with Crippen molar-refractivity contribution in [3.8, 4) is 0 Å². The highest BCUT2D eigenvalue weighted by Gasteiger charge is 2.45. The number of hydrogen-bond donors (Lipinski definition) is 2. The predicted molar refractivity (Wildman–Crippen MR) is 61.4 cm³/mol. The highest BCUT2D eigenvalue weighted by molar-refractivity contribution is 5.70. The lowest BCUT2D eigenvalue weighted by molar-refractivity contribution is 0.631. The number of benzene rings is 1. The van der Waals surface area contributed by atoms with Crippen LogP contribution in [0.1, 0.15) is 25.8 Å². The molecule has 2 nitrogen and oxygen atoms in total. The molecule has 0 bridgehead atoms. The Bertz CT molecular complexity index is 355. The van der Waals surface area contributed by atoms with Gasteiger partial charge < -0.3 is 11.1 Å². The molecule has 1 aromatic rings. The molecule has 1 aromatic carbocycles. The van der Waals surface area contributed by atoms with Gasteiger partial charge in [0.2, 0.25) is 0 Å². The minimum atomic E-state index is 0.441. The lowest BCUT2D eigenvalue weighted by Gasteiger charge is -2.12. The number of nitrogen functional groups attached to an aromatic ring is 1. The van der Waals surface area contributed by atoms with Crippen LogP contribution in [-0.2, 0) is 0 Å². The Morgan fingerprint density at radius 2 is 2.07 bits per heavy atom. The van der Waals surface area contributed by atoms with E-state index < -0.39 is 0 Å². The van der Waals surface area contributed by atoms with Gasteiger partial charge in [0.05, 0.1) is 11.4 Å².